The third-order valence-electron chi connectivity index (χ3n) is 5.59. The molecular formula is C20H33N5O2. The van der Waals surface area contributed by atoms with Gasteiger partial charge in [0, 0.05) is 37.8 Å². The highest BCUT2D eigenvalue weighted by Gasteiger charge is 2.25. The first kappa shape index (κ1) is 19.7. The molecule has 0 spiro atoms. The molecule has 0 aliphatic carbocycles. The number of piperidine rings is 2. The average molecular weight is 376 g/mol. The number of likely N-dealkylation sites (tertiary alicyclic amines) is 1. The Morgan fingerprint density at radius 3 is 2.67 bits per heavy atom. The van der Waals surface area contributed by atoms with Crippen LogP contribution in [0.25, 0.3) is 0 Å². The van der Waals surface area contributed by atoms with Crippen molar-refractivity contribution in [1.29, 1.82) is 0 Å². The Morgan fingerprint density at radius 1 is 1.19 bits per heavy atom. The number of ether oxygens (including phenoxy) is 1. The van der Waals surface area contributed by atoms with Gasteiger partial charge >= 0.3 is 6.09 Å². The molecular weight excluding hydrogens is 342 g/mol. The molecule has 1 aromatic rings. The number of nitrogens with zero attached hydrogens (tertiary/aromatic N) is 4. The molecule has 3 rings (SSSR count). The van der Waals surface area contributed by atoms with E-state index in [1.807, 2.05) is 13.8 Å². The zero-order chi connectivity index (χ0) is 19.2. The van der Waals surface area contributed by atoms with Gasteiger partial charge in [0.25, 0.3) is 0 Å². The Hall–Kier alpha value is -2.05. The van der Waals surface area contributed by atoms with Crippen LogP contribution in [0.3, 0.4) is 0 Å². The second-order valence-corrected chi connectivity index (χ2v) is 7.51. The van der Waals surface area contributed by atoms with Gasteiger partial charge in [-0.1, -0.05) is 6.92 Å². The molecule has 0 radical (unpaired) electrons. The van der Waals surface area contributed by atoms with E-state index in [9.17, 15) is 4.79 Å². The van der Waals surface area contributed by atoms with Gasteiger partial charge in [-0.25, -0.2) is 14.8 Å². The molecule has 2 saturated heterocycles. The molecule has 0 aromatic carbocycles. The lowest BCUT2D eigenvalue weighted by molar-refractivity contribution is 0.0983. The number of rotatable bonds is 5. The minimum Gasteiger partial charge on any atom is -0.450 e. The van der Waals surface area contributed by atoms with Crippen molar-refractivity contribution < 1.29 is 9.53 Å². The molecule has 2 aliphatic rings. The summed E-state index contributed by atoms with van der Waals surface area (Å²) in [6, 6.07) is 2.99. The fourth-order valence-electron chi connectivity index (χ4n) is 4.13. The second kappa shape index (κ2) is 9.24. The van der Waals surface area contributed by atoms with Gasteiger partial charge in [0.05, 0.1) is 6.61 Å². The Balaban J connectivity index is 1.63. The highest BCUT2D eigenvalue weighted by atomic mass is 16.6. The molecule has 1 N–H and O–H groups in total. The van der Waals surface area contributed by atoms with Crippen molar-refractivity contribution in [3.63, 3.8) is 0 Å². The number of nitrogens with one attached hydrogen (secondary N) is 1. The minimum absolute atomic E-state index is 0.202. The van der Waals surface area contributed by atoms with Gasteiger partial charge in [0.1, 0.15) is 17.5 Å². The van der Waals surface area contributed by atoms with E-state index in [0.29, 0.717) is 18.7 Å². The molecule has 2 fully saturated rings. The smallest absolute Gasteiger partial charge is 0.409 e. The predicted octanol–water partition coefficient (Wildman–Crippen LogP) is 3.59. The van der Waals surface area contributed by atoms with Crippen molar-refractivity contribution in [3.05, 3.63) is 11.9 Å². The van der Waals surface area contributed by atoms with E-state index >= 15 is 0 Å². The summed E-state index contributed by atoms with van der Waals surface area (Å²) >= 11 is 0. The van der Waals surface area contributed by atoms with Crippen molar-refractivity contribution in [3.8, 4) is 0 Å². The van der Waals surface area contributed by atoms with E-state index in [1.165, 1.54) is 19.3 Å². The maximum absolute atomic E-state index is 11.8. The van der Waals surface area contributed by atoms with E-state index in [1.54, 1.807) is 4.90 Å². The molecule has 150 valence electrons. The summed E-state index contributed by atoms with van der Waals surface area (Å²) in [6.07, 6.45) is 6.54. The van der Waals surface area contributed by atoms with Crippen molar-refractivity contribution in [2.75, 3.05) is 36.5 Å². The first-order chi connectivity index (χ1) is 13.1. The van der Waals surface area contributed by atoms with E-state index < -0.39 is 0 Å². The van der Waals surface area contributed by atoms with E-state index in [2.05, 4.69) is 28.2 Å². The molecule has 7 nitrogen and oxygen atoms in total. The number of aromatic nitrogens is 2. The van der Waals surface area contributed by atoms with Crippen LogP contribution in [0.1, 0.15) is 58.2 Å². The van der Waals surface area contributed by atoms with Crippen molar-refractivity contribution >= 4 is 17.7 Å². The normalized spacial score (nSPS) is 21.2. The van der Waals surface area contributed by atoms with Gasteiger partial charge in [-0.05, 0) is 52.4 Å². The van der Waals surface area contributed by atoms with Gasteiger partial charge in [0.15, 0.2) is 0 Å². The Morgan fingerprint density at radius 2 is 1.96 bits per heavy atom. The maximum atomic E-state index is 11.8. The molecule has 1 amide bonds. The molecule has 27 heavy (non-hydrogen) atoms. The van der Waals surface area contributed by atoms with Crippen molar-refractivity contribution in [1.82, 2.24) is 14.9 Å². The quantitative estimate of drug-likeness (QED) is 0.848. The summed E-state index contributed by atoms with van der Waals surface area (Å²) in [5.41, 5.74) is 0. The van der Waals surface area contributed by atoms with Crippen LogP contribution >= 0.6 is 0 Å². The summed E-state index contributed by atoms with van der Waals surface area (Å²) < 4.78 is 5.09. The first-order valence-corrected chi connectivity index (χ1v) is 10.4. The summed E-state index contributed by atoms with van der Waals surface area (Å²) in [4.78, 5) is 25.4. The monoisotopic (exact) mass is 375 g/mol. The Labute approximate surface area is 162 Å². The Bertz CT molecular complexity index is 631. The first-order valence-electron chi connectivity index (χ1n) is 10.4. The van der Waals surface area contributed by atoms with Crippen LogP contribution in [0.5, 0.6) is 0 Å². The highest BCUT2D eigenvalue weighted by Crippen LogP contribution is 2.27. The number of aryl methyl sites for hydroxylation is 1. The number of carbonyl (C=O) groups excluding carboxylic acids is 1. The summed E-state index contributed by atoms with van der Waals surface area (Å²) in [5.74, 6) is 2.74. The Kier molecular flexibility index (Phi) is 6.74. The molecule has 0 saturated carbocycles. The lowest BCUT2D eigenvalue weighted by Gasteiger charge is -2.36. The van der Waals surface area contributed by atoms with Gasteiger partial charge in [-0.3, -0.25) is 0 Å². The molecule has 2 aliphatic heterocycles. The second-order valence-electron chi connectivity index (χ2n) is 7.51. The zero-order valence-electron chi connectivity index (χ0n) is 16.9. The van der Waals surface area contributed by atoms with Gasteiger partial charge < -0.3 is 19.9 Å². The van der Waals surface area contributed by atoms with Crippen LogP contribution in [-0.2, 0) is 4.74 Å². The summed E-state index contributed by atoms with van der Waals surface area (Å²) in [6.45, 7) is 9.00. The lowest BCUT2D eigenvalue weighted by Crippen LogP contribution is -2.43. The number of carbonyl (C=O) groups is 1. The highest BCUT2D eigenvalue weighted by molar-refractivity contribution is 5.67. The molecule has 1 aromatic heterocycles. The number of amides is 1. The van der Waals surface area contributed by atoms with Crippen LogP contribution in [0.2, 0.25) is 0 Å². The van der Waals surface area contributed by atoms with E-state index in [0.717, 1.165) is 56.4 Å². The van der Waals surface area contributed by atoms with Gasteiger partial charge in [-0.15, -0.1) is 0 Å². The van der Waals surface area contributed by atoms with Crippen LogP contribution in [-0.4, -0.2) is 59.3 Å². The average Bonchev–Trinajstić information content (AvgIpc) is 2.68. The molecule has 0 bridgehead atoms. The van der Waals surface area contributed by atoms with E-state index in [4.69, 9.17) is 9.72 Å². The predicted molar refractivity (Wildman–Crippen MR) is 107 cm³/mol. The number of anilines is 2. The zero-order valence-corrected chi connectivity index (χ0v) is 16.9. The van der Waals surface area contributed by atoms with Crippen LogP contribution in [0.15, 0.2) is 6.07 Å². The SMILES string of the molecule is CCOC(=O)N1CCC(Nc2cc(N3CCCCC3CC)nc(C)n2)CC1. The molecule has 3 heterocycles. The van der Waals surface area contributed by atoms with Crippen LogP contribution in [0.4, 0.5) is 16.4 Å². The molecule has 1 atom stereocenters. The van der Waals surface area contributed by atoms with Gasteiger partial charge in [-0.2, -0.15) is 0 Å². The molecule has 7 heteroatoms. The topological polar surface area (TPSA) is 70.6 Å². The van der Waals surface area contributed by atoms with Crippen LogP contribution in [0, 0.1) is 6.92 Å². The maximum Gasteiger partial charge on any atom is 0.409 e. The fourth-order valence-corrected chi connectivity index (χ4v) is 4.13. The van der Waals surface area contributed by atoms with Crippen molar-refractivity contribution in [2.24, 2.45) is 0 Å². The van der Waals surface area contributed by atoms with Crippen molar-refractivity contribution in [2.45, 2.75) is 71.4 Å². The number of hydrogen-bond donors (Lipinski definition) is 1. The summed E-state index contributed by atoms with van der Waals surface area (Å²) in [7, 11) is 0. The third-order valence-corrected chi connectivity index (χ3v) is 5.59. The van der Waals surface area contributed by atoms with Gasteiger partial charge in [0.2, 0.25) is 0 Å². The fraction of sp³-hybridized carbons (Fsp3) is 0.750. The van der Waals surface area contributed by atoms with Crippen LogP contribution < -0.4 is 10.2 Å². The number of hydrogen-bond acceptors (Lipinski definition) is 6. The minimum atomic E-state index is -0.202. The summed E-state index contributed by atoms with van der Waals surface area (Å²) in [5, 5.41) is 3.57. The third kappa shape index (κ3) is 5.02. The lowest BCUT2D eigenvalue weighted by atomic mass is 10.00. The molecule has 1 unspecified atom stereocenters. The van der Waals surface area contributed by atoms with E-state index in [-0.39, 0.29) is 6.09 Å². The largest absolute Gasteiger partial charge is 0.450 e. The standard InChI is InChI=1S/C20H33N5O2/c1-4-17-8-6-7-11-25(17)19-14-18(21-15(3)22-19)23-16-9-12-24(13-10-16)20(26)27-5-2/h14,16-17H,4-13H2,1-3H3,(H,21,22,23).